The molecule has 0 saturated carbocycles. The first-order chi connectivity index (χ1) is 13.5. The summed E-state index contributed by atoms with van der Waals surface area (Å²) in [7, 11) is 0. The second-order valence-electron chi connectivity index (χ2n) is 6.75. The summed E-state index contributed by atoms with van der Waals surface area (Å²) in [5.74, 6) is -0.401. The van der Waals surface area contributed by atoms with Crippen molar-refractivity contribution in [3.63, 3.8) is 0 Å². The molecule has 3 amide bonds. The molecule has 0 radical (unpaired) electrons. The quantitative estimate of drug-likeness (QED) is 0.635. The van der Waals surface area contributed by atoms with Crippen molar-refractivity contribution < 1.29 is 14.3 Å². The number of ether oxygens (including phenoxy) is 1. The van der Waals surface area contributed by atoms with Crippen molar-refractivity contribution in [2.75, 3.05) is 36.1 Å². The van der Waals surface area contributed by atoms with Gasteiger partial charge in [0.1, 0.15) is 5.70 Å². The van der Waals surface area contributed by atoms with Gasteiger partial charge in [0.05, 0.1) is 18.9 Å². The van der Waals surface area contributed by atoms with Crippen LogP contribution in [0.25, 0.3) is 6.08 Å². The van der Waals surface area contributed by atoms with Gasteiger partial charge < -0.3 is 15.0 Å². The van der Waals surface area contributed by atoms with Crippen LogP contribution in [0.3, 0.4) is 0 Å². The summed E-state index contributed by atoms with van der Waals surface area (Å²) in [6, 6.07) is 12.2. The summed E-state index contributed by atoms with van der Waals surface area (Å²) in [4.78, 5) is 28.4. The van der Waals surface area contributed by atoms with E-state index in [0.717, 1.165) is 48.0 Å². The number of halogens is 1. The van der Waals surface area contributed by atoms with Crippen molar-refractivity contribution in [3.8, 4) is 0 Å². The molecule has 2 fully saturated rings. The Morgan fingerprint density at radius 1 is 1.11 bits per heavy atom. The van der Waals surface area contributed by atoms with Gasteiger partial charge in [-0.3, -0.25) is 4.79 Å². The molecule has 7 heteroatoms. The van der Waals surface area contributed by atoms with Crippen LogP contribution in [-0.4, -0.2) is 38.2 Å². The lowest BCUT2D eigenvalue weighted by Gasteiger charge is -2.30. The maximum atomic E-state index is 12.7. The van der Waals surface area contributed by atoms with E-state index < -0.39 is 11.9 Å². The zero-order valence-electron chi connectivity index (χ0n) is 15.4. The molecular formula is C21H20ClN3O3. The zero-order chi connectivity index (χ0) is 19.7. The maximum absolute atomic E-state index is 12.7. The van der Waals surface area contributed by atoms with Crippen molar-refractivity contribution in [1.29, 1.82) is 0 Å². The summed E-state index contributed by atoms with van der Waals surface area (Å²) in [6.07, 6.45) is 1.70. The number of carbonyl (C=O) groups is 2. The van der Waals surface area contributed by atoms with Gasteiger partial charge in [0.2, 0.25) is 0 Å². The normalized spacial score (nSPS) is 18.7. The molecule has 2 heterocycles. The zero-order valence-corrected chi connectivity index (χ0v) is 16.2. The van der Waals surface area contributed by atoms with E-state index in [0.29, 0.717) is 10.7 Å². The monoisotopic (exact) mass is 397 g/mol. The smallest absolute Gasteiger partial charge is 0.333 e. The average molecular weight is 398 g/mol. The number of amides is 3. The first-order valence-electron chi connectivity index (χ1n) is 9.09. The highest BCUT2D eigenvalue weighted by Gasteiger charge is 2.34. The van der Waals surface area contributed by atoms with Crippen LogP contribution >= 0.6 is 11.6 Å². The lowest BCUT2D eigenvalue weighted by atomic mass is 10.1. The maximum Gasteiger partial charge on any atom is 0.333 e. The molecule has 0 atom stereocenters. The van der Waals surface area contributed by atoms with Crippen LogP contribution in [0, 0.1) is 6.92 Å². The molecule has 2 saturated heterocycles. The largest absolute Gasteiger partial charge is 0.378 e. The molecule has 2 aliphatic heterocycles. The van der Waals surface area contributed by atoms with Gasteiger partial charge >= 0.3 is 6.03 Å². The van der Waals surface area contributed by atoms with Gasteiger partial charge in [-0.1, -0.05) is 23.7 Å². The number of morpholine rings is 1. The van der Waals surface area contributed by atoms with E-state index in [1.165, 1.54) is 0 Å². The number of hydrogen-bond acceptors (Lipinski definition) is 4. The molecule has 0 unspecified atom stereocenters. The number of carbonyl (C=O) groups excluding carboxylic acids is 2. The van der Waals surface area contributed by atoms with Crippen molar-refractivity contribution in [1.82, 2.24) is 5.32 Å². The standard InChI is InChI=1S/C21H20ClN3O3/c1-14-11-15(5-6-19(14)24-7-9-28-10-8-24)12-18-20(26)25(21(27)23-18)17-4-2-3-16(22)13-17/h2-6,11-13H,7-10H2,1H3,(H,23,27)/b18-12+. The van der Waals surface area contributed by atoms with Crippen LogP contribution in [0.15, 0.2) is 48.2 Å². The van der Waals surface area contributed by atoms with Crippen LogP contribution in [0.5, 0.6) is 0 Å². The van der Waals surface area contributed by atoms with Crippen molar-refractivity contribution in [3.05, 3.63) is 64.3 Å². The summed E-state index contributed by atoms with van der Waals surface area (Å²) in [5, 5.41) is 3.11. The molecule has 0 aromatic heterocycles. The number of hydrogen-bond donors (Lipinski definition) is 1. The van der Waals surface area contributed by atoms with Gasteiger partial charge in [0.15, 0.2) is 0 Å². The molecule has 2 aromatic carbocycles. The fourth-order valence-electron chi connectivity index (χ4n) is 3.48. The molecular weight excluding hydrogens is 378 g/mol. The number of anilines is 2. The van der Waals surface area contributed by atoms with Crippen molar-refractivity contribution in [2.45, 2.75) is 6.92 Å². The van der Waals surface area contributed by atoms with Crippen LogP contribution in [0.4, 0.5) is 16.2 Å². The molecule has 0 aliphatic carbocycles. The van der Waals surface area contributed by atoms with Crippen LogP contribution < -0.4 is 15.1 Å². The van der Waals surface area contributed by atoms with E-state index in [4.69, 9.17) is 16.3 Å². The summed E-state index contributed by atoms with van der Waals surface area (Å²) >= 11 is 5.99. The number of nitrogens with one attached hydrogen (secondary N) is 1. The Kier molecular flexibility index (Phi) is 5.07. The minimum absolute atomic E-state index is 0.239. The fourth-order valence-corrected chi connectivity index (χ4v) is 3.66. The van der Waals surface area contributed by atoms with Gasteiger partial charge in [0.25, 0.3) is 5.91 Å². The van der Waals surface area contributed by atoms with E-state index in [-0.39, 0.29) is 5.70 Å². The molecule has 2 aromatic rings. The van der Waals surface area contributed by atoms with Gasteiger partial charge in [-0.25, -0.2) is 9.69 Å². The lowest BCUT2D eigenvalue weighted by molar-refractivity contribution is -0.113. The minimum atomic E-state index is -0.486. The van der Waals surface area contributed by atoms with E-state index >= 15 is 0 Å². The predicted molar refractivity (Wildman–Crippen MR) is 110 cm³/mol. The minimum Gasteiger partial charge on any atom is -0.378 e. The Morgan fingerprint density at radius 3 is 2.61 bits per heavy atom. The van der Waals surface area contributed by atoms with Gasteiger partial charge in [-0.2, -0.15) is 0 Å². The molecule has 2 aliphatic rings. The SMILES string of the molecule is Cc1cc(/C=C2/NC(=O)N(c3cccc(Cl)c3)C2=O)ccc1N1CCOCC1. The average Bonchev–Trinajstić information content (AvgIpc) is 2.96. The Bertz CT molecular complexity index is 967. The fraction of sp³-hybridized carbons (Fsp3) is 0.238. The molecule has 4 rings (SSSR count). The number of benzene rings is 2. The molecule has 144 valence electrons. The summed E-state index contributed by atoms with van der Waals surface area (Å²) in [5.41, 5.74) is 3.80. The van der Waals surface area contributed by atoms with Gasteiger partial charge in [-0.05, 0) is 54.5 Å². The number of imide groups is 1. The lowest BCUT2D eigenvalue weighted by Crippen LogP contribution is -2.36. The third kappa shape index (κ3) is 3.61. The molecule has 28 heavy (non-hydrogen) atoms. The highest BCUT2D eigenvalue weighted by molar-refractivity contribution is 6.32. The topological polar surface area (TPSA) is 61.9 Å². The van der Waals surface area contributed by atoms with Crippen molar-refractivity contribution >= 4 is 41.0 Å². The first kappa shape index (κ1) is 18.5. The Hall–Kier alpha value is -2.83. The molecule has 0 spiro atoms. The molecule has 0 bridgehead atoms. The Balaban J connectivity index is 1.58. The number of urea groups is 1. The highest BCUT2D eigenvalue weighted by Crippen LogP contribution is 2.27. The van der Waals surface area contributed by atoms with Crippen LogP contribution in [0.1, 0.15) is 11.1 Å². The highest BCUT2D eigenvalue weighted by atomic mass is 35.5. The summed E-state index contributed by atoms with van der Waals surface area (Å²) < 4.78 is 5.41. The summed E-state index contributed by atoms with van der Waals surface area (Å²) in [6.45, 7) is 5.23. The predicted octanol–water partition coefficient (Wildman–Crippen LogP) is 3.58. The Labute approximate surface area is 168 Å². The first-order valence-corrected chi connectivity index (χ1v) is 9.47. The van der Waals surface area contributed by atoms with Gasteiger partial charge in [-0.15, -0.1) is 0 Å². The third-order valence-electron chi connectivity index (χ3n) is 4.83. The second kappa shape index (κ2) is 7.66. The van der Waals surface area contributed by atoms with Crippen LogP contribution in [0.2, 0.25) is 5.02 Å². The number of aryl methyl sites for hydroxylation is 1. The van der Waals surface area contributed by atoms with Gasteiger partial charge in [0, 0.05) is 23.8 Å². The van der Waals surface area contributed by atoms with E-state index in [9.17, 15) is 9.59 Å². The third-order valence-corrected chi connectivity index (χ3v) is 5.06. The van der Waals surface area contributed by atoms with E-state index in [1.807, 2.05) is 25.1 Å². The molecule has 1 N–H and O–H groups in total. The number of rotatable bonds is 3. The van der Waals surface area contributed by atoms with Crippen molar-refractivity contribution in [2.24, 2.45) is 0 Å². The van der Waals surface area contributed by atoms with E-state index in [1.54, 1.807) is 30.3 Å². The van der Waals surface area contributed by atoms with Crippen LogP contribution in [-0.2, 0) is 9.53 Å². The van der Waals surface area contributed by atoms with E-state index in [2.05, 4.69) is 10.2 Å². The molecule has 6 nitrogen and oxygen atoms in total. The second-order valence-corrected chi connectivity index (χ2v) is 7.19. The Morgan fingerprint density at radius 2 is 1.89 bits per heavy atom. The number of nitrogens with zero attached hydrogens (tertiary/aromatic N) is 2.